The van der Waals surface area contributed by atoms with Crippen molar-refractivity contribution < 1.29 is 0 Å². The van der Waals surface area contributed by atoms with E-state index in [9.17, 15) is 4.79 Å². The molecule has 4 nitrogen and oxygen atoms in total. The number of aromatic nitrogens is 2. The van der Waals surface area contributed by atoms with Gasteiger partial charge in [-0.05, 0) is 48.1 Å². The van der Waals surface area contributed by atoms with Crippen molar-refractivity contribution in [2.75, 3.05) is 13.1 Å². The molecule has 1 unspecified atom stereocenters. The van der Waals surface area contributed by atoms with E-state index < -0.39 is 0 Å². The van der Waals surface area contributed by atoms with Gasteiger partial charge in [-0.2, -0.15) is 0 Å². The van der Waals surface area contributed by atoms with Gasteiger partial charge in [0.05, 0.1) is 20.9 Å². The van der Waals surface area contributed by atoms with Gasteiger partial charge >= 0.3 is 0 Å². The van der Waals surface area contributed by atoms with E-state index in [4.69, 9.17) is 23.2 Å². The minimum absolute atomic E-state index is 0.250. The Morgan fingerprint density at radius 2 is 1.80 bits per heavy atom. The van der Waals surface area contributed by atoms with E-state index in [0.29, 0.717) is 32.8 Å². The molecule has 2 aromatic carbocycles. The molecule has 0 radical (unpaired) electrons. The van der Waals surface area contributed by atoms with Crippen LogP contribution >= 0.6 is 23.2 Å². The summed E-state index contributed by atoms with van der Waals surface area (Å²) < 4.78 is 0. The highest BCUT2D eigenvalue weighted by Gasteiger charge is 2.26. The summed E-state index contributed by atoms with van der Waals surface area (Å²) in [5.74, 6) is 0.594. The molecule has 0 amide bonds. The minimum atomic E-state index is -0.250. The van der Waals surface area contributed by atoms with Crippen LogP contribution in [0.15, 0.2) is 59.4 Å². The van der Waals surface area contributed by atoms with E-state index in [0.717, 1.165) is 37.9 Å². The van der Waals surface area contributed by atoms with E-state index in [-0.39, 0.29) is 5.56 Å². The SMILES string of the molecule is O=c1[nH]c(C2=CC(N3CC=C(c4ccccc4)CC3)CC2)nc2c(Cl)ccc(Cl)c12. The standard InChI is InChI=1S/C24H21Cl2N3O/c25-19-8-9-20(26)22-21(19)24(30)28-23(27-22)17-6-7-18(14-17)29-12-10-16(11-13-29)15-4-2-1-3-5-15/h1-5,8-10,14,18H,6-7,11-13H2,(H,27,28,30). The zero-order valence-electron chi connectivity index (χ0n) is 16.4. The summed E-state index contributed by atoms with van der Waals surface area (Å²) in [5.41, 5.74) is 4.00. The third-order valence-electron chi connectivity index (χ3n) is 6.02. The molecule has 1 N–H and O–H groups in total. The molecule has 2 aliphatic rings. The maximum Gasteiger partial charge on any atom is 0.260 e. The molecule has 152 valence electrons. The average Bonchev–Trinajstić information content (AvgIpc) is 3.27. The summed E-state index contributed by atoms with van der Waals surface area (Å²) in [6.45, 7) is 1.96. The first-order valence-corrected chi connectivity index (χ1v) is 10.9. The summed E-state index contributed by atoms with van der Waals surface area (Å²) in [5, 5.41) is 1.14. The summed E-state index contributed by atoms with van der Waals surface area (Å²) in [6, 6.07) is 14.2. The van der Waals surface area contributed by atoms with E-state index in [1.165, 1.54) is 11.1 Å². The number of allylic oxidation sites excluding steroid dienone is 1. The van der Waals surface area contributed by atoms with Crippen LogP contribution in [0.5, 0.6) is 0 Å². The van der Waals surface area contributed by atoms with Gasteiger partial charge in [0, 0.05) is 19.1 Å². The van der Waals surface area contributed by atoms with Gasteiger partial charge in [-0.3, -0.25) is 9.69 Å². The van der Waals surface area contributed by atoms with E-state index in [1.807, 2.05) is 0 Å². The van der Waals surface area contributed by atoms with Crippen LogP contribution in [0.25, 0.3) is 22.0 Å². The largest absolute Gasteiger partial charge is 0.306 e. The second-order valence-corrected chi connectivity index (χ2v) is 8.62. The summed E-state index contributed by atoms with van der Waals surface area (Å²) in [7, 11) is 0. The maximum atomic E-state index is 12.6. The van der Waals surface area contributed by atoms with Crippen molar-refractivity contribution in [3.05, 3.63) is 86.4 Å². The van der Waals surface area contributed by atoms with Crippen LogP contribution < -0.4 is 5.56 Å². The molecule has 0 saturated carbocycles. The number of rotatable bonds is 3. The van der Waals surface area contributed by atoms with Gasteiger partial charge in [-0.1, -0.05) is 65.7 Å². The molecule has 1 aliphatic heterocycles. The van der Waals surface area contributed by atoms with Crippen molar-refractivity contribution in [1.82, 2.24) is 14.9 Å². The Hall–Kier alpha value is -2.40. The molecule has 1 aromatic heterocycles. The van der Waals surface area contributed by atoms with Gasteiger partial charge in [-0.25, -0.2) is 4.98 Å². The van der Waals surface area contributed by atoms with Gasteiger partial charge in [0.1, 0.15) is 5.82 Å². The second-order valence-electron chi connectivity index (χ2n) is 7.81. The number of fused-ring (bicyclic) bond motifs is 1. The molecule has 2 heterocycles. The molecular formula is C24H21Cl2N3O. The topological polar surface area (TPSA) is 49.0 Å². The smallest absolute Gasteiger partial charge is 0.260 e. The van der Waals surface area contributed by atoms with Gasteiger partial charge in [-0.15, -0.1) is 0 Å². The number of nitrogens with one attached hydrogen (secondary N) is 1. The van der Waals surface area contributed by atoms with Gasteiger partial charge in [0.2, 0.25) is 0 Å². The first-order valence-electron chi connectivity index (χ1n) is 10.2. The maximum absolute atomic E-state index is 12.6. The highest BCUT2D eigenvalue weighted by Crippen LogP contribution is 2.33. The molecule has 5 rings (SSSR count). The third kappa shape index (κ3) is 3.60. The predicted molar refractivity (Wildman–Crippen MR) is 124 cm³/mol. The molecule has 1 aliphatic carbocycles. The van der Waals surface area contributed by atoms with Crippen LogP contribution in [-0.2, 0) is 0 Å². The van der Waals surface area contributed by atoms with Crippen molar-refractivity contribution >= 4 is 45.3 Å². The van der Waals surface area contributed by atoms with E-state index in [2.05, 4.69) is 57.4 Å². The van der Waals surface area contributed by atoms with Gasteiger partial charge < -0.3 is 4.98 Å². The average molecular weight is 438 g/mol. The number of nitrogens with zero attached hydrogens (tertiary/aromatic N) is 2. The van der Waals surface area contributed by atoms with Crippen LogP contribution in [0.3, 0.4) is 0 Å². The first kappa shape index (κ1) is 19.6. The number of halogens is 2. The summed E-state index contributed by atoms with van der Waals surface area (Å²) >= 11 is 12.5. The van der Waals surface area contributed by atoms with E-state index >= 15 is 0 Å². The molecule has 6 heteroatoms. The zero-order chi connectivity index (χ0) is 20.7. The Bertz CT molecular complexity index is 1230. The number of H-pyrrole nitrogens is 1. The lowest BCUT2D eigenvalue weighted by molar-refractivity contribution is 0.250. The van der Waals surface area contributed by atoms with Crippen LogP contribution in [0.4, 0.5) is 0 Å². The minimum Gasteiger partial charge on any atom is -0.306 e. The summed E-state index contributed by atoms with van der Waals surface area (Å²) in [4.78, 5) is 22.6. The van der Waals surface area contributed by atoms with Crippen molar-refractivity contribution in [3.8, 4) is 0 Å². The Labute approximate surface area is 184 Å². The fourth-order valence-electron chi connectivity index (χ4n) is 4.42. The predicted octanol–water partition coefficient (Wildman–Crippen LogP) is 5.57. The lowest BCUT2D eigenvalue weighted by atomic mass is 9.98. The third-order valence-corrected chi connectivity index (χ3v) is 6.64. The molecule has 0 spiro atoms. The number of hydrogen-bond donors (Lipinski definition) is 1. The lowest BCUT2D eigenvalue weighted by Gasteiger charge is -2.30. The van der Waals surface area contributed by atoms with Crippen molar-refractivity contribution in [3.63, 3.8) is 0 Å². The molecular weight excluding hydrogens is 417 g/mol. The van der Waals surface area contributed by atoms with E-state index in [1.54, 1.807) is 12.1 Å². The second kappa shape index (κ2) is 8.03. The van der Waals surface area contributed by atoms with Crippen molar-refractivity contribution in [2.45, 2.75) is 25.3 Å². The fraction of sp³-hybridized carbons (Fsp3) is 0.250. The number of hydrogen-bond acceptors (Lipinski definition) is 3. The lowest BCUT2D eigenvalue weighted by Crippen LogP contribution is -2.36. The van der Waals surface area contributed by atoms with Crippen LogP contribution in [-0.4, -0.2) is 34.0 Å². The Morgan fingerprint density at radius 3 is 2.57 bits per heavy atom. The van der Waals surface area contributed by atoms with Gasteiger partial charge in [0.25, 0.3) is 5.56 Å². The van der Waals surface area contributed by atoms with Crippen molar-refractivity contribution in [2.24, 2.45) is 0 Å². The molecule has 0 saturated heterocycles. The molecule has 0 bridgehead atoms. The molecule has 30 heavy (non-hydrogen) atoms. The first-order chi connectivity index (χ1) is 14.6. The molecule has 1 atom stereocenters. The van der Waals surface area contributed by atoms with Gasteiger partial charge in [0.15, 0.2) is 0 Å². The zero-order valence-corrected chi connectivity index (χ0v) is 17.9. The summed E-state index contributed by atoms with van der Waals surface area (Å²) in [6.07, 6.45) is 7.52. The molecule has 3 aromatic rings. The highest BCUT2D eigenvalue weighted by atomic mass is 35.5. The highest BCUT2D eigenvalue weighted by molar-refractivity contribution is 6.39. The normalized spacial score (nSPS) is 19.7. The number of aromatic amines is 1. The van der Waals surface area contributed by atoms with Crippen LogP contribution in [0.1, 0.15) is 30.7 Å². The Balaban J connectivity index is 1.39. The van der Waals surface area contributed by atoms with Crippen LogP contribution in [0.2, 0.25) is 10.0 Å². The Kier molecular flexibility index (Phi) is 5.23. The fourth-order valence-corrected chi connectivity index (χ4v) is 4.85. The monoisotopic (exact) mass is 437 g/mol. The van der Waals surface area contributed by atoms with Crippen LogP contribution in [0, 0.1) is 0 Å². The Morgan fingerprint density at radius 1 is 1.00 bits per heavy atom. The quantitative estimate of drug-likeness (QED) is 0.582. The molecule has 0 fully saturated rings. The van der Waals surface area contributed by atoms with Crippen molar-refractivity contribution in [1.29, 1.82) is 0 Å². The number of benzene rings is 2.